The highest BCUT2D eigenvalue weighted by atomic mass is 16.5. The lowest BCUT2D eigenvalue weighted by Crippen LogP contribution is -2.55. The van der Waals surface area contributed by atoms with Crippen LogP contribution < -0.4 is 5.43 Å². The van der Waals surface area contributed by atoms with Crippen LogP contribution in [0.1, 0.15) is 11.7 Å². The lowest BCUT2D eigenvalue weighted by Gasteiger charge is -2.40. The van der Waals surface area contributed by atoms with E-state index in [1.54, 1.807) is 0 Å². The Morgan fingerprint density at radius 3 is 2.27 bits per heavy atom. The van der Waals surface area contributed by atoms with E-state index in [0.29, 0.717) is 5.56 Å². The second-order valence-electron chi connectivity index (χ2n) is 7.15. The molecule has 1 fully saturated rings. The number of fused-ring (bicyclic) bond motifs is 1. The number of aromatic hydroxyl groups is 2. The number of benzene rings is 2. The van der Waals surface area contributed by atoms with Gasteiger partial charge in [-0.2, -0.15) is 0 Å². The molecule has 2 aromatic carbocycles. The van der Waals surface area contributed by atoms with Crippen molar-refractivity contribution >= 4 is 11.0 Å². The molecule has 9 heteroatoms. The fourth-order valence-electron chi connectivity index (χ4n) is 3.61. The Hall–Kier alpha value is -2.95. The molecule has 1 aliphatic rings. The van der Waals surface area contributed by atoms with Gasteiger partial charge in [0.15, 0.2) is 5.43 Å². The summed E-state index contributed by atoms with van der Waals surface area (Å²) in [5.41, 5.74) is -0.114. The Morgan fingerprint density at radius 1 is 0.900 bits per heavy atom. The Morgan fingerprint density at radius 2 is 1.60 bits per heavy atom. The topological polar surface area (TPSA) is 161 Å². The molecule has 0 aliphatic carbocycles. The second kappa shape index (κ2) is 7.71. The van der Waals surface area contributed by atoms with Crippen LogP contribution in [0.25, 0.3) is 22.3 Å². The lowest BCUT2D eigenvalue weighted by atomic mass is 9.90. The molecule has 30 heavy (non-hydrogen) atoms. The fourth-order valence-corrected chi connectivity index (χ4v) is 3.61. The summed E-state index contributed by atoms with van der Waals surface area (Å²) in [6.07, 6.45) is -7.49. The third-order valence-corrected chi connectivity index (χ3v) is 5.24. The van der Waals surface area contributed by atoms with Crippen LogP contribution in [-0.2, 0) is 4.74 Å². The molecule has 3 aromatic rings. The zero-order valence-electron chi connectivity index (χ0n) is 15.5. The van der Waals surface area contributed by atoms with E-state index in [0.717, 1.165) is 0 Å². The van der Waals surface area contributed by atoms with Crippen molar-refractivity contribution in [3.8, 4) is 22.8 Å². The van der Waals surface area contributed by atoms with E-state index in [1.807, 2.05) is 0 Å². The molecule has 2 unspecified atom stereocenters. The number of rotatable bonds is 3. The van der Waals surface area contributed by atoms with Gasteiger partial charge >= 0.3 is 0 Å². The Balaban J connectivity index is 1.92. The van der Waals surface area contributed by atoms with Gasteiger partial charge in [0.25, 0.3) is 0 Å². The molecule has 0 saturated carbocycles. The van der Waals surface area contributed by atoms with E-state index in [4.69, 9.17) is 9.15 Å². The van der Waals surface area contributed by atoms with Crippen LogP contribution in [0.5, 0.6) is 11.5 Å². The van der Waals surface area contributed by atoms with E-state index < -0.39 is 42.6 Å². The Kier molecular flexibility index (Phi) is 5.22. The molecule has 6 N–H and O–H groups in total. The summed E-state index contributed by atoms with van der Waals surface area (Å²) in [7, 11) is 0. The van der Waals surface area contributed by atoms with E-state index in [-0.39, 0.29) is 33.8 Å². The number of phenolic OH excluding ortho intramolecular Hbond substituents is 2. The predicted molar refractivity (Wildman–Crippen MR) is 104 cm³/mol. The molecule has 5 atom stereocenters. The van der Waals surface area contributed by atoms with Crippen LogP contribution in [0.3, 0.4) is 0 Å². The number of hydrogen-bond acceptors (Lipinski definition) is 9. The number of hydrogen-bond donors (Lipinski definition) is 6. The first kappa shape index (κ1) is 20.3. The standard InChI is InChI=1S/C21H20O9/c22-8-15-17(26)18(27)19(28)21(30-15)16-12(24)6-5-11-13(25)7-14(29-20(11)16)9-1-3-10(23)4-2-9/h1-7,15,17-19,21-24,26-28H,8H2/t15?,17-,18+,19?,21+/m1/s1. The maximum Gasteiger partial charge on any atom is 0.193 e. The van der Waals surface area contributed by atoms with Gasteiger partial charge in [-0.1, -0.05) is 0 Å². The quantitative estimate of drug-likeness (QED) is 0.355. The predicted octanol–water partition coefficient (Wildman–Crippen LogP) is 0.386. The van der Waals surface area contributed by atoms with Crippen molar-refractivity contribution in [3.63, 3.8) is 0 Å². The molecule has 158 valence electrons. The van der Waals surface area contributed by atoms with Crippen molar-refractivity contribution in [2.75, 3.05) is 6.61 Å². The molecule has 0 amide bonds. The second-order valence-corrected chi connectivity index (χ2v) is 7.15. The molecule has 2 heterocycles. The van der Waals surface area contributed by atoms with Crippen LogP contribution in [0.15, 0.2) is 51.7 Å². The average Bonchev–Trinajstić information content (AvgIpc) is 2.73. The molecular formula is C21H20O9. The van der Waals surface area contributed by atoms with Gasteiger partial charge in [0.1, 0.15) is 53.4 Å². The van der Waals surface area contributed by atoms with Gasteiger partial charge in [-0.05, 0) is 36.4 Å². The first-order chi connectivity index (χ1) is 14.3. The van der Waals surface area contributed by atoms with Gasteiger partial charge in [0.05, 0.1) is 17.6 Å². The van der Waals surface area contributed by atoms with E-state index in [1.165, 1.54) is 42.5 Å². The van der Waals surface area contributed by atoms with Crippen LogP contribution >= 0.6 is 0 Å². The molecule has 1 saturated heterocycles. The van der Waals surface area contributed by atoms with E-state index in [9.17, 15) is 35.4 Å². The summed E-state index contributed by atoms with van der Waals surface area (Å²) in [4.78, 5) is 12.7. The maximum atomic E-state index is 12.7. The lowest BCUT2D eigenvalue weighted by molar-refractivity contribution is -0.231. The van der Waals surface area contributed by atoms with Crippen LogP contribution in [0.2, 0.25) is 0 Å². The summed E-state index contributed by atoms with van der Waals surface area (Å²) in [6, 6.07) is 9.75. The van der Waals surface area contributed by atoms with Gasteiger partial charge in [-0.3, -0.25) is 4.79 Å². The number of ether oxygens (including phenoxy) is 1. The maximum absolute atomic E-state index is 12.7. The zero-order valence-corrected chi connectivity index (χ0v) is 15.5. The molecule has 0 bridgehead atoms. The SMILES string of the molecule is O=c1cc(-c2ccc(O)cc2)oc2c([C@@H]3OC(CO)[C@@H](O)[C@H](O)C3O)c(O)ccc12. The minimum absolute atomic E-state index is 0.0292. The summed E-state index contributed by atoms with van der Waals surface area (Å²) in [6.45, 7) is -0.643. The molecule has 9 nitrogen and oxygen atoms in total. The van der Waals surface area contributed by atoms with E-state index in [2.05, 4.69) is 0 Å². The number of aliphatic hydroxyl groups excluding tert-OH is 4. The number of phenols is 2. The fraction of sp³-hybridized carbons (Fsp3) is 0.286. The molecule has 4 rings (SSSR count). The normalized spacial score (nSPS) is 26.7. The van der Waals surface area contributed by atoms with Crippen molar-refractivity contribution in [1.82, 2.24) is 0 Å². The summed E-state index contributed by atoms with van der Waals surface area (Å²) in [5, 5.41) is 60.1. The van der Waals surface area contributed by atoms with Gasteiger partial charge in [-0.15, -0.1) is 0 Å². The van der Waals surface area contributed by atoms with Crippen LogP contribution in [0, 0.1) is 0 Å². The Bertz CT molecular complexity index is 1120. The Labute approximate surface area is 169 Å². The highest BCUT2D eigenvalue weighted by Gasteiger charge is 2.45. The molecule has 1 aromatic heterocycles. The van der Waals surface area contributed by atoms with Crippen molar-refractivity contribution in [2.45, 2.75) is 30.5 Å². The summed E-state index contributed by atoms with van der Waals surface area (Å²) < 4.78 is 11.4. The van der Waals surface area contributed by atoms with Crippen molar-refractivity contribution in [3.05, 3.63) is 58.3 Å². The summed E-state index contributed by atoms with van der Waals surface area (Å²) in [5.74, 6) is -0.191. The first-order valence-electron chi connectivity index (χ1n) is 9.21. The van der Waals surface area contributed by atoms with Gasteiger partial charge in [-0.25, -0.2) is 0 Å². The summed E-state index contributed by atoms with van der Waals surface area (Å²) >= 11 is 0. The van der Waals surface area contributed by atoms with Gasteiger partial charge < -0.3 is 39.8 Å². The molecular weight excluding hydrogens is 396 g/mol. The van der Waals surface area contributed by atoms with Crippen molar-refractivity contribution < 1.29 is 39.8 Å². The van der Waals surface area contributed by atoms with Crippen molar-refractivity contribution in [1.29, 1.82) is 0 Å². The van der Waals surface area contributed by atoms with Crippen molar-refractivity contribution in [2.24, 2.45) is 0 Å². The highest BCUT2D eigenvalue weighted by Crippen LogP contribution is 2.41. The molecule has 0 radical (unpaired) electrons. The highest BCUT2D eigenvalue weighted by molar-refractivity contribution is 5.84. The third kappa shape index (κ3) is 3.32. The monoisotopic (exact) mass is 416 g/mol. The first-order valence-corrected chi connectivity index (χ1v) is 9.21. The van der Waals surface area contributed by atoms with Gasteiger partial charge in [0.2, 0.25) is 0 Å². The zero-order chi connectivity index (χ0) is 21.6. The third-order valence-electron chi connectivity index (χ3n) is 5.24. The number of aliphatic hydroxyl groups is 4. The van der Waals surface area contributed by atoms with Crippen LogP contribution in [-0.4, -0.2) is 61.7 Å². The average molecular weight is 416 g/mol. The molecule has 0 spiro atoms. The smallest absolute Gasteiger partial charge is 0.193 e. The molecule has 1 aliphatic heterocycles. The van der Waals surface area contributed by atoms with Crippen LogP contribution in [0.4, 0.5) is 0 Å². The van der Waals surface area contributed by atoms with E-state index >= 15 is 0 Å². The van der Waals surface area contributed by atoms with Gasteiger partial charge in [0, 0.05) is 11.6 Å². The minimum Gasteiger partial charge on any atom is -0.508 e. The largest absolute Gasteiger partial charge is 0.508 e. The minimum atomic E-state index is -1.66.